The molecule has 6 heteroatoms. The number of carbonyl (C=O) groups excluding carboxylic acids is 2. The van der Waals surface area contributed by atoms with Crippen LogP contribution in [0.25, 0.3) is 0 Å². The van der Waals surface area contributed by atoms with E-state index in [9.17, 15) is 9.59 Å². The molecule has 0 radical (unpaired) electrons. The molecule has 3 saturated heterocycles. The molecule has 0 N–H and O–H groups in total. The highest BCUT2D eigenvalue weighted by molar-refractivity contribution is 5.92. The number of allylic oxidation sites excluding steroid dienone is 1. The van der Waals surface area contributed by atoms with Crippen molar-refractivity contribution in [3.63, 3.8) is 0 Å². The third kappa shape index (κ3) is 1.63. The lowest BCUT2D eigenvalue weighted by molar-refractivity contribution is -0.240. The molecule has 0 aromatic rings. The van der Waals surface area contributed by atoms with Crippen molar-refractivity contribution < 1.29 is 28.5 Å². The summed E-state index contributed by atoms with van der Waals surface area (Å²) in [4.78, 5) is 24.4. The topological polar surface area (TPSA) is 74.4 Å². The highest BCUT2D eigenvalue weighted by atomic mass is 16.7. The largest absolute Gasteiger partial charge is 0.461 e. The van der Waals surface area contributed by atoms with Crippen molar-refractivity contribution >= 4 is 11.9 Å². The zero-order valence-electron chi connectivity index (χ0n) is 14.1. The van der Waals surface area contributed by atoms with E-state index in [0.717, 1.165) is 0 Å². The number of esters is 2. The van der Waals surface area contributed by atoms with Crippen LogP contribution >= 0.6 is 0 Å². The van der Waals surface area contributed by atoms with E-state index in [-0.39, 0.29) is 42.5 Å². The lowest BCUT2D eigenvalue weighted by Crippen LogP contribution is -2.66. The molecule has 0 aromatic heterocycles. The van der Waals surface area contributed by atoms with Crippen molar-refractivity contribution in [3.8, 4) is 0 Å². The molecule has 3 aliphatic heterocycles. The second-order valence-electron chi connectivity index (χ2n) is 8.13. The van der Waals surface area contributed by atoms with Gasteiger partial charge in [-0.15, -0.1) is 0 Å². The fourth-order valence-corrected chi connectivity index (χ4v) is 5.55. The monoisotopic (exact) mass is 334 g/mol. The van der Waals surface area contributed by atoms with Gasteiger partial charge in [-0.1, -0.05) is 25.5 Å². The Morgan fingerprint density at radius 1 is 1.17 bits per heavy atom. The van der Waals surface area contributed by atoms with E-state index >= 15 is 0 Å². The summed E-state index contributed by atoms with van der Waals surface area (Å²) in [5.74, 6) is -0.909. The number of epoxide rings is 1. The summed E-state index contributed by atoms with van der Waals surface area (Å²) in [7, 11) is 0. The quantitative estimate of drug-likeness (QED) is 0.288. The molecule has 0 aromatic carbocycles. The fourth-order valence-electron chi connectivity index (χ4n) is 5.55. The van der Waals surface area contributed by atoms with Gasteiger partial charge in [0.15, 0.2) is 5.60 Å². The van der Waals surface area contributed by atoms with Crippen LogP contribution in [-0.4, -0.2) is 48.1 Å². The summed E-state index contributed by atoms with van der Waals surface area (Å²) in [5.41, 5.74) is -0.0341. The minimum Gasteiger partial charge on any atom is -0.461 e. The molecule has 6 unspecified atom stereocenters. The van der Waals surface area contributed by atoms with E-state index in [1.807, 2.05) is 6.92 Å². The Hall–Kier alpha value is -1.40. The second kappa shape index (κ2) is 4.41. The van der Waals surface area contributed by atoms with Gasteiger partial charge in [0.05, 0.1) is 18.6 Å². The number of hydrogen-bond donors (Lipinski definition) is 0. The van der Waals surface area contributed by atoms with Gasteiger partial charge in [0.1, 0.15) is 24.2 Å². The number of rotatable bonds is 0. The zero-order chi connectivity index (χ0) is 16.9. The molecule has 2 aliphatic carbocycles. The normalized spacial score (nSPS) is 55.0. The Bertz CT molecular complexity index is 664. The first-order valence-electron chi connectivity index (χ1n) is 8.76. The highest BCUT2D eigenvalue weighted by Gasteiger charge is 2.80. The molecule has 8 atom stereocenters. The predicted molar refractivity (Wildman–Crippen MR) is 80.9 cm³/mol. The molecule has 5 aliphatic rings. The van der Waals surface area contributed by atoms with Gasteiger partial charge in [0, 0.05) is 5.92 Å². The number of hydrogen-bond acceptors (Lipinski definition) is 6. The fraction of sp³-hybridized carbons (Fsp3) is 0.778. The van der Waals surface area contributed by atoms with Crippen LogP contribution in [0.3, 0.4) is 0 Å². The van der Waals surface area contributed by atoms with E-state index in [0.29, 0.717) is 13.0 Å². The molecule has 1 saturated carbocycles. The van der Waals surface area contributed by atoms with Gasteiger partial charge >= 0.3 is 11.9 Å². The van der Waals surface area contributed by atoms with Crippen LogP contribution in [0.1, 0.15) is 33.6 Å². The van der Waals surface area contributed by atoms with Gasteiger partial charge in [0.25, 0.3) is 0 Å². The summed E-state index contributed by atoms with van der Waals surface area (Å²) in [5, 5.41) is 0. The lowest BCUT2D eigenvalue weighted by Gasteiger charge is -2.53. The average Bonchev–Trinajstić information content (AvgIpc) is 3.23. The van der Waals surface area contributed by atoms with Crippen molar-refractivity contribution in [1.82, 2.24) is 0 Å². The zero-order valence-corrected chi connectivity index (χ0v) is 14.1. The molecule has 5 rings (SSSR count). The predicted octanol–water partition coefficient (Wildman–Crippen LogP) is 1.37. The van der Waals surface area contributed by atoms with Crippen LogP contribution in [0.5, 0.6) is 0 Å². The Morgan fingerprint density at radius 3 is 2.62 bits per heavy atom. The maximum absolute atomic E-state index is 12.3. The molecule has 3 heterocycles. The average molecular weight is 334 g/mol. The standard InChI is InChI=1S/C18H22O6/c1-8-4-11-17(6-9(8)2)15-14(23-12(19)5-13(20)24-17)10(3)16(22-11)18(15)7-21-18/h4,9-11,14-16H,5-7H2,1-3H3/t9?,10?,11?,14-,15?,16?,17?,18-/m1/s1. The van der Waals surface area contributed by atoms with Gasteiger partial charge in [-0.3, -0.25) is 9.59 Å². The van der Waals surface area contributed by atoms with Crippen molar-refractivity contribution in [1.29, 1.82) is 0 Å². The Kier molecular flexibility index (Phi) is 2.74. The van der Waals surface area contributed by atoms with Crippen LogP contribution in [0.4, 0.5) is 0 Å². The van der Waals surface area contributed by atoms with E-state index in [1.165, 1.54) is 5.57 Å². The smallest absolute Gasteiger partial charge is 0.317 e. The van der Waals surface area contributed by atoms with Crippen molar-refractivity contribution in [2.24, 2.45) is 17.8 Å². The van der Waals surface area contributed by atoms with Gasteiger partial charge in [0.2, 0.25) is 0 Å². The van der Waals surface area contributed by atoms with Crippen LogP contribution in [0, 0.1) is 17.8 Å². The maximum Gasteiger partial charge on any atom is 0.317 e. The molecule has 6 nitrogen and oxygen atoms in total. The van der Waals surface area contributed by atoms with Crippen molar-refractivity contribution in [2.45, 2.75) is 63.1 Å². The maximum atomic E-state index is 12.3. The van der Waals surface area contributed by atoms with Crippen LogP contribution in [-0.2, 0) is 28.5 Å². The number of carbonyl (C=O) groups is 2. The van der Waals surface area contributed by atoms with Gasteiger partial charge in [-0.25, -0.2) is 0 Å². The summed E-state index contributed by atoms with van der Waals surface area (Å²) in [6.07, 6.45) is 1.67. The van der Waals surface area contributed by atoms with Crippen LogP contribution < -0.4 is 0 Å². The molecule has 2 spiro atoms. The molecule has 2 bridgehead atoms. The Labute approximate surface area is 140 Å². The van der Waals surface area contributed by atoms with Gasteiger partial charge < -0.3 is 18.9 Å². The molecular formula is C18H22O6. The minimum absolute atomic E-state index is 0.0183. The summed E-state index contributed by atoms with van der Waals surface area (Å²) in [6, 6.07) is 0. The minimum atomic E-state index is -0.806. The first kappa shape index (κ1) is 14.9. The molecule has 0 amide bonds. The van der Waals surface area contributed by atoms with Crippen LogP contribution in [0.2, 0.25) is 0 Å². The second-order valence-corrected chi connectivity index (χ2v) is 8.13. The summed E-state index contributed by atoms with van der Waals surface area (Å²) >= 11 is 0. The summed E-state index contributed by atoms with van der Waals surface area (Å²) < 4.78 is 24.0. The van der Waals surface area contributed by atoms with Crippen molar-refractivity contribution in [2.75, 3.05) is 6.61 Å². The summed E-state index contributed by atoms with van der Waals surface area (Å²) in [6.45, 7) is 6.84. The van der Waals surface area contributed by atoms with Gasteiger partial charge in [-0.05, 0) is 19.3 Å². The van der Waals surface area contributed by atoms with E-state index in [1.54, 1.807) is 0 Å². The first-order chi connectivity index (χ1) is 11.4. The van der Waals surface area contributed by atoms with Gasteiger partial charge in [-0.2, -0.15) is 0 Å². The van der Waals surface area contributed by atoms with E-state index in [4.69, 9.17) is 18.9 Å². The first-order valence-corrected chi connectivity index (χ1v) is 8.76. The Balaban J connectivity index is 1.70. The highest BCUT2D eigenvalue weighted by Crippen LogP contribution is 2.65. The lowest BCUT2D eigenvalue weighted by atomic mass is 9.65. The van der Waals surface area contributed by atoms with E-state index in [2.05, 4.69) is 19.9 Å². The molecule has 4 fully saturated rings. The van der Waals surface area contributed by atoms with Crippen molar-refractivity contribution in [3.05, 3.63) is 11.6 Å². The third-order valence-corrected chi connectivity index (χ3v) is 6.79. The Morgan fingerprint density at radius 2 is 1.92 bits per heavy atom. The van der Waals surface area contributed by atoms with E-state index < -0.39 is 23.1 Å². The number of ether oxygens (including phenoxy) is 4. The van der Waals surface area contributed by atoms with Crippen LogP contribution in [0.15, 0.2) is 11.6 Å². The SMILES string of the molecule is CC1=CC2OC3C(C)[C@H]4OC(=O)CC(=O)OC2(CC1C)C4[C@]31CO1. The molecular weight excluding hydrogens is 312 g/mol. The molecule has 130 valence electrons. The third-order valence-electron chi connectivity index (χ3n) is 6.79. The molecule has 24 heavy (non-hydrogen) atoms.